The van der Waals surface area contributed by atoms with Gasteiger partial charge in [0.15, 0.2) is 0 Å². The van der Waals surface area contributed by atoms with Gasteiger partial charge in [-0.25, -0.2) is 14.6 Å². The van der Waals surface area contributed by atoms with Gasteiger partial charge in [0, 0.05) is 17.7 Å². The highest BCUT2D eigenvalue weighted by atomic mass is 32.2. The van der Waals surface area contributed by atoms with E-state index in [-0.39, 0.29) is 11.7 Å². The molecule has 2 amide bonds. The topological polar surface area (TPSA) is 118 Å². The van der Waals surface area contributed by atoms with E-state index in [1.165, 1.54) is 23.0 Å². The van der Waals surface area contributed by atoms with Gasteiger partial charge in [-0.15, -0.1) is 16.9 Å². The number of furan rings is 1. The third kappa shape index (κ3) is 5.19. The summed E-state index contributed by atoms with van der Waals surface area (Å²) in [5, 5.41) is 10.3. The van der Waals surface area contributed by atoms with Crippen LogP contribution >= 0.6 is 11.8 Å². The summed E-state index contributed by atoms with van der Waals surface area (Å²) in [5.74, 6) is 1.14. The fourth-order valence-electron chi connectivity index (χ4n) is 3.65. The second-order valence-corrected chi connectivity index (χ2v) is 9.02. The lowest BCUT2D eigenvalue weighted by molar-refractivity contribution is -0.119. The van der Waals surface area contributed by atoms with Gasteiger partial charge in [0.25, 0.3) is 5.91 Å². The molecule has 3 aromatic heterocycles. The lowest BCUT2D eigenvalue weighted by Gasteiger charge is -2.21. The van der Waals surface area contributed by atoms with Gasteiger partial charge in [0.05, 0.1) is 31.2 Å². The maximum Gasteiger partial charge on any atom is 0.291 e. The molecule has 0 unspecified atom stereocenters. The highest BCUT2D eigenvalue weighted by Crippen LogP contribution is 2.34. The van der Waals surface area contributed by atoms with Crippen LogP contribution in [0.1, 0.15) is 21.9 Å². The van der Waals surface area contributed by atoms with Crippen molar-refractivity contribution in [1.82, 2.24) is 25.1 Å². The number of fused-ring (bicyclic) bond motifs is 1. The van der Waals surface area contributed by atoms with E-state index in [2.05, 4.69) is 25.7 Å². The van der Waals surface area contributed by atoms with Crippen molar-refractivity contribution in [3.05, 3.63) is 84.5 Å². The molecule has 0 saturated carbocycles. The Kier molecular flexibility index (Phi) is 6.49. The van der Waals surface area contributed by atoms with Crippen LogP contribution in [0, 0.1) is 0 Å². The van der Waals surface area contributed by atoms with Crippen LogP contribution in [0.15, 0.2) is 76.6 Å². The first-order valence-electron chi connectivity index (χ1n) is 11.0. The average Bonchev–Trinajstić information content (AvgIpc) is 3.55. The number of carbonyl (C=O) groups excluding carboxylic acids is 2. The summed E-state index contributed by atoms with van der Waals surface area (Å²) in [6.07, 6.45) is 4.79. The molecule has 2 N–H and O–H groups in total. The molecule has 178 valence electrons. The van der Waals surface area contributed by atoms with Crippen molar-refractivity contribution in [2.24, 2.45) is 0 Å². The van der Waals surface area contributed by atoms with Crippen LogP contribution in [-0.2, 0) is 17.9 Å². The molecule has 0 aliphatic carbocycles. The molecule has 1 aliphatic heterocycles. The minimum absolute atomic E-state index is 0.0224. The summed E-state index contributed by atoms with van der Waals surface area (Å²) >= 11 is 1.48. The Morgan fingerprint density at radius 2 is 2.06 bits per heavy atom. The Bertz CT molecular complexity index is 1320. The summed E-state index contributed by atoms with van der Waals surface area (Å²) in [6, 6.07) is 14.6. The number of carbonyl (C=O) groups is 2. The molecule has 1 atom stereocenters. The Morgan fingerprint density at radius 1 is 1.20 bits per heavy atom. The predicted molar refractivity (Wildman–Crippen MR) is 131 cm³/mol. The van der Waals surface area contributed by atoms with Crippen LogP contribution in [-0.4, -0.2) is 50.4 Å². The van der Waals surface area contributed by atoms with Crippen LogP contribution in [0.2, 0.25) is 0 Å². The number of nitrogens with one attached hydrogen (secondary N) is 2. The quantitative estimate of drug-likeness (QED) is 0.407. The highest BCUT2D eigenvalue weighted by Gasteiger charge is 2.31. The molecule has 11 heteroatoms. The molecular formula is C24H23N7O3S. The first kappa shape index (κ1) is 22.7. The van der Waals surface area contributed by atoms with Gasteiger partial charge in [0.1, 0.15) is 23.9 Å². The predicted octanol–water partition coefficient (Wildman–Crippen LogP) is 2.79. The summed E-state index contributed by atoms with van der Waals surface area (Å²) in [5.41, 5.74) is 1.73. The van der Waals surface area contributed by atoms with E-state index in [1.807, 2.05) is 48.5 Å². The van der Waals surface area contributed by atoms with Crippen LogP contribution in [0.4, 0.5) is 11.5 Å². The Hall–Kier alpha value is -4.12. The van der Waals surface area contributed by atoms with Crippen molar-refractivity contribution in [2.75, 3.05) is 23.0 Å². The number of hydrogen-bond acceptors (Lipinski definition) is 8. The molecule has 4 aromatic rings. The fraction of sp³-hybridized carbons (Fsp3) is 0.208. The number of likely N-dealkylation sites (N-methyl/N-ethyl adjacent to an activating group) is 1. The Labute approximate surface area is 205 Å². The summed E-state index contributed by atoms with van der Waals surface area (Å²) in [4.78, 5) is 36.8. The van der Waals surface area contributed by atoms with E-state index < -0.39 is 11.9 Å². The number of rotatable bonds is 7. The number of thioether (sulfide) groups is 1. The lowest BCUT2D eigenvalue weighted by Crippen LogP contribution is -2.48. The van der Waals surface area contributed by atoms with Crippen LogP contribution in [0.5, 0.6) is 0 Å². The number of hydrogen-bond donors (Lipinski definition) is 2. The molecule has 35 heavy (non-hydrogen) atoms. The molecule has 0 spiro atoms. The third-order valence-corrected chi connectivity index (χ3v) is 6.64. The van der Waals surface area contributed by atoms with Crippen molar-refractivity contribution in [3.8, 4) is 0 Å². The van der Waals surface area contributed by atoms with Crippen molar-refractivity contribution < 1.29 is 14.0 Å². The van der Waals surface area contributed by atoms with E-state index in [1.54, 1.807) is 24.2 Å². The van der Waals surface area contributed by atoms with Gasteiger partial charge in [-0.3, -0.25) is 9.59 Å². The molecule has 10 nitrogen and oxygen atoms in total. The van der Waals surface area contributed by atoms with Crippen molar-refractivity contribution in [3.63, 3.8) is 0 Å². The van der Waals surface area contributed by atoms with Gasteiger partial charge in [0.2, 0.25) is 11.7 Å². The zero-order valence-electron chi connectivity index (χ0n) is 18.9. The number of benzene rings is 1. The van der Waals surface area contributed by atoms with E-state index in [0.717, 1.165) is 16.2 Å². The highest BCUT2D eigenvalue weighted by molar-refractivity contribution is 7.99. The first-order chi connectivity index (χ1) is 17.1. The second kappa shape index (κ2) is 10.0. The molecule has 0 radical (unpaired) electrons. The monoisotopic (exact) mass is 489 g/mol. The molecule has 5 rings (SSSR count). The van der Waals surface area contributed by atoms with E-state index in [4.69, 9.17) is 4.42 Å². The normalized spacial score (nSPS) is 15.4. The maximum absolute atomic E-state index is 13.1. The smallest absolute Gasteiger partial charge is 0.291 e. The second-order valence-electron chi connectivity index (χ2n) is 7.96. The van der Waals surface area contributed by atoms with Crippen LogP contribution in [0.3, 0.4) is 0 Å². The van der Waals surface area contributed by atoms with Crippen molar-refractivity contribution >= 4 is 35.1 Å². The van der Waals surface area contributed by atoms with Gasteiger partial charge in [-0.2, -0.15) is 0 Å². The number of aromatic nitrogens is 4. The number of pyridine rings is 1. The van der Waals surface area contributed by atoms with Crippen molar-refractivity contribution in [2.45, 2.75) is 24.0 Å². The Balaban J connectivity index is 1.24. The number of nitrogens with zero attached hydrogens (tertiary/aromatic N) is 5. The molecule has 0 saturated heterocycles. The number of anilines is 2. The molecule has 1 aliphatic rings. The minimum Gasteiger partial charge on any atom is -0.467 e. The molecule has 0 bridgehead atoms. The van der Waals surface area contributed by atoms with E-state index in [0.29, 0.717) is 30.3 Å². The van der Waals surface area contributed by atoms with E-state index in [9.17, 15) is 9.59 Å². The van der Waals surface area contributed by atoms with Gasteiger partial charge in [-0.05, 0) is 23.8 Å². The fourth-order valence-corrected chi connectivity index (χ4v) is 4.76. The summed E-state index contributed by atoms with van der Waals surface area (Å²) in [6.45, 7) is 1.00. The zero-order valence-corrected chi connectivity index (χ0v) is 19.7. The van der Waals surface area contributed by atoms with Crippen molar-refractivity contribution in [1.29, 1.82) is 0 Å². The summed E-state index contributed by atoms with van der Waals surface area (Å²) in [7, 11) is 1.68. The SMILES string of the molecule is CN1C(=O)[C@@H](NC(=O)c2ncn(Cc3ccccc3)n2)CSc2cc(NCc3ccco3)ncc21. The van der Waals surface area contributed by atoms with Crippen LogP contribution in [0.25, 0.3) is 0 Å². The van der Waals surface area contributed by atoms with E-state index >= 15 is 0 Å². The Morgan fingerprint density at radius 3 is 2.86 bits per heavy atom. The van der Waals surface area contributed by atoms with Gasteiger partial charge < -0.3 is 20.0 Å². The first-order valence-corrected chi connectivity index (χ1v) is 12.0. The van der Waals surface area contributed by atoms with Gasteiger partial charge in [-0.1, -0.05) is 30.3 Å². The number of amides is 2. The standard InChI is InChI=1S/C24H23N7O3S/c1-30-19-12-26-21(25-11-17-8-5-9-34-17)10-20(19)35-14-18(24(30)33)28-23(32)22-27-15-31(29-22)13-16-6-3-2-4-7-16/h2-10,12,15,18H,11,13-14H2,1H3,(H,25,26)(H,28,32)/t18-/m0/s1. The molecule has 4 heterocycles. The maximum atomic E-state index is 13.1. The third-order valence-electron chi connectivity index (χ3n) is 5.50. The molecular weight excluding hydrogens is 466 g/mol. The molecule has 0 fully saturated rings. The average molecular weight is 490 g/mol. The largest absolute Gasteiger partial charge is 0.467 e. The lowest BCUT2D eigenvalue weighted by atomic mass is 10.2. The van der Waals surface area contributed by atoms with Crippen LogP contribution < -0.4 is 15.5 Å². The molecule has 1 aromatic carbocycles. The van der Waals surface area contributed by atoms with Gasteiger partial charge >= 0.3 is 0 Å². The summed E-state index contributed by atoms with van der Waals surface area (Å²) < 4.78 is 6.93. The minimum atomic E-state index is -0.731. The zero-order chi connectivity index (χ0) is 24.2.